The second kappa shape index (κ2) is 7.94. The maximum atomic E-state index is 12.2. The molecular formula is C17H24N2O3. The number of aliphatic carboxylic acids is 1. The molecule has 1 aromatic carbocycles. The van der Waals surface area contributed by atoms with Crippen LogP contribution in [0.25, 0.3) is 0 Å². The van der Waals surface area contributed by atoms with E-state index in [0.717, 1.165) is 36.8 Å². The van der Waals surface area contributed by atoms with Crippen molar-refractivity contribution < 1.29 is 14.7 Å². The highest BCUT2D eigenvalue weighted by Gasteiger charge is 2.26. The molecule has 5 nitrogen and oxygen atoms in total. The number of carbonyl (C=O) groups excluding carboxylic acids is 1. The highest BCUT2D eigenvalue weighted by Crippen LogP contribution is 2.23. The van der Waals surface area contributed by atoms with Gasteiger partial charge in [0, 0.05) is 18.9 Å². The van der Waals surface area contributed by atoms with Gasteiger partial charge in [0.2, 0.25) is 5.91 Å². The first kappa shape index (κ1) is 16.5. The van der Waals surface area contributed by atoms with Crippen molar-refractivity contribution in [3.8, 4) is 0 Å². The van der Waals surface area contributed by atoms with Crippen molar-refractivity contribution in [1.29, 1.82) is 0 Å². The van der Waals surface area contributed by atoms with Gasteiger partial charge in [-0.25, -0.2) is 4.79 Å². The fourth-order valence-electron chi connectivity index (χ4n) is 2.90. The number of benzene rings is 1. The van der Waals surface area contributed by atoms with E-state index in [-0.39, 0.29) is 11.8 Å². The number of amides is 1. The monoisotopic (exact) mass is 304 g/mol. The zero-order chi connectivity index (χ0) is 15.9. The molecule has 0 saturated heterocycles. The number of nitrogens with one attached hydrogen (secondary N) is 1. The van der Waals surface area contributed by atoms with E-state index in [2.05, 4.69) is 5.32 Å². The molecule has 2 rings (SSSR count). The quantitative estimate of drug-likeness (QED) is 0.747. The molecule has 0 aromatic heterocycles. The number of hydrogen-bond acceptors (Lipinski definition) is 3. The molecule has 0 aliphatic heterocycles. The molecule has 0 heterocycles. The van der Waals surface area contributed by atoms with E-state index >= 15 is 0 Å². The minimum atomic E-state index is -0.993. The van der Waals surface area contributed by atoms with Gasteiger partial charge in [0.15, 0.2) is 0 Å². The van der Waals surface area contributed by atoms with E-state index in [9.17, 15) is 14.7 Å². The molecule has 1 amide bonds. The molecule has 1 atom stereocenters. The van der Waals surface area contributed by atoms with Gasteiger partial charge in [0.05, 0.1) is 0 Å². The summed E-state index contributed by atoms with van der Waals surface area (Å²) in [7, 11) is 0. The highest BCUT2D eigenvalue weighted by molar-refractivity contribution is 5.85. The fraction of sp³-hybridized carbons (Fsp3) is 0.529. The zero-order valence-corrected chi connectivity index (χ0v) is 12.8. The molecular weight excluding hydrogens is 280 g/mol. The van der Waals surface area contributed by atoms with Gasteiger partial charge in [-0.1, -0.05) is 43.5 Å². The van der Waals surface area contributed by atoms with Crippen LogP contribution in [0.4, 0.5) is 0 Å². The molecule has 0 bridgehead atoms. The van der Waals surface area contributed by atoms with E-state index in [0.29, 0.717) is 13.0 Å². The smallest absolute Gasteiger partial charge is 0.326 e. The molecule has 0 radical (unpaired) electrons. The summed E-state index contributed by atoms with van der Waals surface area (Å²) in [5, 5.41) is 12.0. The number of carboxylic acids is 1. The van der Waals surface area contributed by atoms with Crippen LogP contribution in [0.5, 0.6) is 0 Å². The normalized spacial score (nSPS) is 17.0. The van der Waals surface area contributed by atoms with Crippen LogP contribution in [0.2, 0.25) is 0 Å². The second-order valence-electron chi connectivity index (χ2n) is 5.96. The van der Waals surface area contributed by atoms with Crippen molar-refractivity contribution in [3.05, 3.63) is 35.4 Å². The average molecular weight is 304 g/mol. The average Bonchev–Trinajstić information content (AvgIpc) is 2.55. The Morgan fingerprint density at radius 2 is 1.73 bits per heavy atom. The number of rotatable bonds is 6. The summed E-state index contributed by atoms with van der Waals surface area (Å²) in [6.07, 6.45) is 5.29. The van der Waals surface area contributed by atoms with Crippen LogP contribution >= 0.6 is 0 Å². The summed E-state index contributed by atoms with van der Waals surface area (Å²) in [6.45, 7) is 0.459. The molecule has 120 valence electrons. The Kier molecular flexibility index (Phi) is 5.95. The van der Waals surface area contributed by atoms with Crippen molar-refractivity contribution in [2.24, 2.45) is 11.7 Å². The Labute approximate surface area is 130 Å². The van der Waals surface area contributed by atoms with Crippen molar-refractivity contribution in [2.45, 2.75) is 51.1 Å². The van der Waals surface area contributed by atoms with Gasteiger partial charge in [-0.3, -0.25) is 4.79 Å². The lowest BCUT2D eigenvalue weighted by Crippen LogP contribution is -2.45. The lowest BCUT2D eigenvalue weighted by Gasteiger charge is -2.23. The molecule has 5 heteroatoms. The minimum absolute atomic E-state index is 0.0322. The molecule has 1 aromatic rings. The van der Waals surface area contributed by atoms with Gasteiger partial charge >= 0.3 is 5.97 Å². The van der Waals surface area contributed by atoms with Crippen LogP contribution in [0, 0.1) is 5.92 Å². The van der Waals surface area contributed by atoms with Crippen LogP contribution in [0.1, 0.15) is 43.2 Å². The van der Waals surface area contributed by atoms with Gasteiger partial charge in [-0.05, 0) is 24.0 Å². The summed E-state index contributed by atoms with van der Waals surface area (Å²) >= 11 is 0. The number of carbonyl (C=O) groups is 2. The van der Waals surface area contributed by atoms with Crippen LogP contribution in [0.15, 0.2) is 24.3 Å². The lowest BCUT2D eigenvalue weighted by molar-refractivity contribution is -0.142. The van der Waals surface area contributed by atoms with Gasteiger partial charge in [-0.2, -0.15) is 0 Å². The molecule has 1 fully saturated rings. The van der Waals surface area contributed by atoms with E-state index in [1.165, 1.54) is 6.42 Å². The number of nitrogens with two attached hydrogens (primary N) is 1. The Bertz CT molecular complexity index is 507. The van der Waals surface area contributed by atoms with E-state index < -0.39 is 12.0 Å². The van der Waals surface area contributed by atoms with Crippen LogP contribution in [-0.4, -0.2) is 23.0 Å². The summed E-state index contributed by atoms with van der Waals surface area (Å²) in [5.74, 6) is -1.15. The third-order valence-corrected chi connectivity index (χ3v) is 4.29. The largest absolute Gasteiger partial charge is 0.480 e. The van der Waals surface area contributed by atoms with Crippen LogP contribution in [0.3, 0.4) is 0 Å². The van der Waals surface area contributed by atoms with Crippen molar-refractivity contribution >= 4 is 11.9 Å². The Hall–Kier alpha value is -1.88. The highest BCUT2D eigenvalue weighted by atomic mass is 16.4. The van der Waals surface area contributed by atoms with Crippen molar-refractivity contribution in [1.82, 2.24) is 5.32 Å². The van der Waals surface area contributed by atoms with Crippen LogP contribution in [-0.2, 0) is 22.6 Å². The maximum Gasteiger partial charge on any atom is 0.326 e. The lowest BCUT2D eigenvalue weighted by atomic mass is 9.88. The molecule has 1 aliphatic rings. The van der Waals surface area contributed by atoms with E-state index in [1.54, 1.807) is 0 Å². The van der Waals surface area contributed by atoms with Gasteiger partial charge < -0.3 is 16.2 Å². The van der Waals surface area contributed by atoms with Gasteiger partial charge in [0.25, 0.3) is 0 Å². The van der Waals surface area contributed by atoms with E-state index in [1.807, 2.05) is 24.3 Å². The zero-order valence-electron chi connectivity index (χ0n) is 12.8. The van der Waals surface area contributed by atoms with Gasteiger partial charge in [0.1, 0.15) is 6.04 Å². The standard InChI is InChI=1S/C17H24N2O3/c18-11-13-8-6-12(7-9-13)10-15(17(21)22)19-16(20)14-4-2-1-3-5-14/h6-9,14-15H,1-5,10-11,18H2,(H,19,20)(H,21,22). The SMILES string of the molecule is NCc1ccc(CC(NC(=O)C2CCCCC2)C(=O)O)cc1. The first-order valence-corrected chi connectivity index (χ1v) is 7.91. The first-order valence-electron chi connectivity index (χ1n) is 7.91. The minimum Gasteiger partial charge on any atom is -0.480 e. The van der Waals surface area contributed by atoms with Gasteiger partial charge in [-0.15, -0.1) is 0 Å². The van der Waals surface area contributed by atoms with Crippen molar-refractivity contribution in [3.63, 3.8) is 0 Å². The number of carboxylic acid groups (broad SMARTS) is 1. The molecule has 0 spiro atoms. The summed E-state index contributed by atoms with van der Waals surface area (Å²) < 4.78 is 0. The topological polar surface area (TPSA) is 92.4 Å². The summed E-state index contributed by atoms with van der Waals surface area (Å²) in [5.41, 5.74) is 7.43. The van der Waals surface area contributed by atoms with Crippen molar-refractivity contribution in [2.75, 3.05) is 0 Å². The molecule has 4 N–H and O–H groups in total. The summed E-state index contributed by atoms with van der Waals surface area (Å²) in [6, 6.07) is 6.63. The Morgan fingerprint density at radius 1 is 1.14 bits per heavy atom. The van der Waals surface area contributed by atoms with Crippen LogP contribution < -0.4 is 11.1 Å². The van der Waals surface area contributed by atoms with E-state index in [4.69, 9.17) is 5.73 Å². The molecule has 22 heavy (non-hydrogen) atoms. The molecule has 1 unspecified atom stereocenters. The Morgan fingerprint density at radius 3 is 2.27 bits per heavy atom. The molecule has 1 aliphatic carbocycles. The Balaban J connectivity index is 1.96. The fourth-order valence-corrected chi connectivity index (χ4v) is 2.90. The summed E-state index contributed by atoms with van der Waals surface area (Å²) in [4.78, 5) is 23.6. The maximum absolute atomic E-state index is 12.2. The predicted molar refractivity (Wildman–Crippen MR) is 84.2 cm³/mol. The first-order chi connectivity index (χ1) is 10.6. The predicted octanol–water partition coefficient (Wildman–Crippen LogP) is 1.84. The third-order valence-electron chi connectivity index (χ3n) is 4.29. The molecule has 1 saturated carbocycles. The third kappa shape index (κ3) is 4.56. The number of hydrogen-bond donors (Lipinski definition) is 3. The second-order valence-corrected chi connectivity index (χ2v) is 5.96.